The third-order valence-electron chi connectivity index (χ3n) is 3.87. The van der Waals surface area contributed by atoms with E-state index in [4.69, 9.17) is 16.6 Å². The second-order valence-corrected chi connectivity index (χ2v) is 7.31. The van der Waals surface area contributed by atoms with Crippen molar-refractivity contribution in [2.75, 3.05) is 18.0 Å². The van der Waals surface area contributed by atoms with Crippen molar-refractivity contribution in [3.05, 3.63) is 22.3 Å². The zero-order valence-corrected chi connectivity index (χ0v) is 13.9. The number of aromatic nitrogens is 1. The molecule has 0 aliphatic carbocycles. The Kier molecular flexibility index (Phi) is 4.48. The fourth-order valence-electron chi connectivity index (χ4n) is 2.69. The maximum absolute atomic E-state index is 13.5. The maximum Gasteiger partial charge on any atom is 0.249 e. The summed E-state index contributed by atoms with van der Waals surface area (Å²) in [6.07, 6.45) is 0.339. The molecule has 21 heavy (non-hydrogen) atoms. The van der Waals surface area contributed by atoms with Gasteiger partial charge in [0.2, 0.25) is 5.92 Å². The Hall–Kier alpha value is -0.900. The molecule has 5 heteroatoms. The van der Waals surface area contributed by atoms with Gasteiger partial charge in [-0.1, -0.05) is 32.4 Å². The first-order valence-corrected chi connectivity index (χ1v) is 7.78. The van der Waals surface area contributed by atoms with E-state index in [0.717, 1.165) is 17.1 Å². The van der Waals surface area contributed by atoms with E-state index < -0.39 is 5.92 Å². The van der Waals surface area contributed by atoms with Gasteiger partial charge in [0.1, 0.15) is 5.82 Å². The van der Waals surface area contributed by atoms with Crippen LogP contribution in [0.4, 0.5) is 14.6 Å². The van der Waals surface area contributed by atoms with Gasteiger partial charge in [-0.05, 0) is 25.0 Å². The van der Waals surface area contributed by atoms with E-state index in [0.29, 0.717) is 24.5 Å². The smallest absolute Gasteiger partial charge is 0.249 e. The summed E-state index contributed by atoms with van der Waals surface area (Å²) in [5, 5.41) is 0.643. The van der Waals surface area contributed by atoms with Gasteiger partial charge in [-0.15, -0.1) is 0 Å². The minimum atomic E-state index is -2.55. The van der Waals surface area contributed by atoms with E-state index in [1.165, 1.54) is 0 Å². The summed E-state index contributed by atoms with van der Waals surface area (Å²) in [5.74, 6) is -1.76. The molecule has 0 radical (unpaired) electrons. The number of alkyl halides is 2. The highest BCUT2D eigenvalue weighted by Gasteiger charge is 2.32. The van der Waals surface area contributed by atoms with Gasteiger partial charge in [0.15, 0.2) is 0 Å². The predicted molar refractivity (Wildman–Crippen MR) is 83.7 cm³/mol. The molecule has 0 amide bonds. The number of rotatable bonds is 1. The van der Waals surface area contributed by atoms with E-state index in [1.54, 1.807) is 0 Å². The minimum Gasteiger partial charge on any atom is -0.356 e. The number of anilines is 1. The summed E-state index contributed by atoms with van der Waals surface area (Å²) in [4.78, 5) is 6.68. The molecule has 0 aromatic carbocycles. The molecule has 118 valence electrons. The first-order valence-electron chi connectivity index (χ1n) is 7.40. The van der Waals surface area contributed by atoms with E-state index in [-0.39, 0.29) is 18.3 Å². The maximum atomic E-state index is 13.5. The average molecular weight is 317 g/mol. The van der Waals surface area contributed by atoms with Crippen LogP contribution in [0.2, 0.25) is 5.02 Å². The van der Waals surface area contributed by atoms with Crippen LogP contribution in [0.5, 0.6) is 0 Å². The van der Waals surface area contributed by atoms with Crippen LogP contribution >= 0.6 is 11.6 Å². The Morgan fingerprint density at radius 1 is 1.24 bits per heavy atom. The Morgan fingerprint density at radius 3 is 2.52 bits per heavy atom. The largest absolute Gasteiger partial charge is 0.356 e. The summed E-state index contributed by atoms with van der Waals surface area (Å²) in [5.41, 5.74) is 1.59. The van der Waals surface area contributed by atoms with Crippen molar-refractivity contribution in [2.24, 2.45) is 0 Å². The van der Waals surface area contributed by atoms with Crippen molar-refractivity contribution >= 4 is 17.4 Å². The van der Waals surface area contributed by atoms with Crippen molar-refractivity contribution < 1.29 is 8.78 Å². The van der Waals surface area contributed by atoms with E-state index >= 15 is 0 Å². The molecule has 1 aliphatic rings. The molecule has 0 bridgehead atoms. The topological polar surface area (TPSA) is 16.1 Å². The molecule has 0 N–H and O–H groups in total. The molecular weight excluding hydrogens is 294 g/mol. The summed E-state index contributed by atoms with van der Waals surface area (Å²) < 4.78 is 27.0. The molecule has 0 unspecified atom stereocenters. The van der Waals surface area contributed by atoms with Crippen LogP contribution in [-0.4, -0.2) is 24.0 Å². The van der Waals surface area contributed by atoms with Crippen LogP contribution in [0.3, 0.4) is 0 Å². The van der Waals surface area contributed by atoms with Gasteiger partial charge in [0.25, 0.3) is 0 Å². The fourth-order valence-corrected chi connectivity index (χ4v) is 3.18. The lowest BCUT2D eigenvalue weighted by molar-refractivity contribution is -0.0102. The second kappa shape index (κ2) is 5.71. The zero-order valence-electron chi connectivity index (χ0n) is 13.1. The van der Waals surface area contributed by atoms with Crippen molar-refractivity contribution in [3.63, 3.8) is 0 Å². The van der Waals surface area contributed by atoms with Crippen LogP contribution in [0.15, 0.2) is 6.07 Å². The van der Waals surface area contributed by atoms with Crippen molar-refractivity contribution in [1.82, 2.24) is 4.98 Å². The summed E-state index contributed by atoms with van der Waals surface area (Å²) >= 11 is 6.30. The number of halogens is 3. The summed E-state index contributed by atoms with van der Waals surface area (Å²) in [6, 6.07) is 1.90. The molecule has 1 aromatic heterocycles. The molecule has 1 aromatic rings. The SMILES string of the molecule is Cc1cc(Cl)c(C(C)(C)C)nc1N1CCCC(F)(F)CC1. The van der Waals surface area contributed by atoms with E-state index in [1.807, 2.05) is 17.9 Å². The minimum absolute atomic E-state index is 0.0394. The standard InChI is InChI=1S/C16H23ClF2N2/c1-11-10-12(17)13(15(2,3)4)20-14(11)21-8-5-6-16(18,19)7-9-21/h10H,5-9H2,1-4H3. The highest BCUT2D eigenvalue weighted by Crippen LogP contribution is 2.34. The van der Waals surface area contributed by atoms with Gasteiger partial charge in [-0.3, -0.25) is 0 Å². The monoisotopic (exact) mass is 316 g/mol. The number of aryl methyl sites for hydroxylation is 1. The third-order valence-corrected chi connectivity index (χ3v) is 4.16. The average Bonchev–Trinajstić information content (AvgIpc) is 2.49. The van der Waals surface area contributed by atoms with Gasteiger partial charge in [0, 0.05) is 31.3 Å². The van der Waals surface area contributed by atoms with Gasteiger partial charge < -0.3 is 4.90 Å². The highest BCUT2D eigenvalue weighted by atomic mass is 35.5. The fraction of sp³-hybridized carbons (Fsp3) is 0.688. The summed E-state index contributed by atoms with van der Waals surface area (Å²) in [6.45, 7) is 9.05. The molecule has 1 fully saturated rings. The van der Waals surface area contributed by atoms with Gasteiger partial charge in [0.05, 0.1) is 10.7 Å². The molecule has 1 saturated heterocycles. The van der Waals surface area contributed by atoms with Gasteiger partial charge in [-0.25, -0.2) is 13.8 Å². The Labute approximate surface area is 130 Å². The molecule has 1 aliphatic heterocycles. The quantitative estimate of drug-likeness (QED) is 0.727. The Balaban J connectivity index is 2.35. The Bertz CT molecular complexity index is 524. The Morgan fingerprint density at radius 2 is 1.90 bits per heavy atom. The van der Waals surface area contributed by atoms with Crippen LogP contribution in [0.1, 0.15) is 51.3 Å². The molecule has 0 saturated carbocycles. The number of pyridine rings is 1. The summed E-state index contributed by atoms with van der Waals surface area (Å²) in [7, 11) is 0. The zero-order chi connectivity index (χ0) is 15.8. The van der Waals surface area contributed by atoms with Crippen molar-refractivity contribution in [2.45, 2.75) is 58.3 Å². The van der Waals surface area contributed by atoms with Gasteiger partial charge in [-0.2, -0.15) is 0 Å². The van der Waals surface area contributed by atoms with E-state index in [9.17, 15) is 8.78 Å². The normalized spacial score (nSPS) is 19.5. The second-order valence-electron chi connectivity index (χ2n) is 6.91. The lowest BCUT2D eigenvalue weighted by Gasteiger charge is -2.27. The first kappa shape index (κ1) is 16.5. The predicted octanol–water partition coefficient (Wildman–Crippen LogP) is 4.97. The van der Waals surface area contributed by atoms with Crippen LogP contribution in [0.25, 0.3) is 0 Å². The van der Waals surface area contributed by atoms with Crippen LogP contribution in [-0.2, 0) is 5.41 Å². The number of hydrogen-bond donors (Lipinski definition) is 0. The van der Waals surface area contributed by atoms with Crippen LogP contribution < -0.4 is 4.90 Å². The molecule has 0 atom stereocenters. The lowest BCUT2D eigenvalue weighted by atomic mass is 9.91. The lowest BCUT2D eigenvalue weighted by Crippen LogP contribution is -2.28. The first-order chi connectivity index (χ1) is 9.60. The molecule has 0 spiro atoms. The van der Waals surface area contributed by atoms with Crippen molar-refractivity contribution in [3.8, 4) is 0 Å². The highest BCUT2D eigenvalue weighted by molar-refractivity contribution is 6.31. The number of nitrogens with zero attached hydrogens (tertiary/aromatic N) is 2. The molecule has 2 heterocycles. The van der Waals surface area contributed by atoms with Crippen LogP contribution in [0, 0.1) is 6.92 Å². The van der Waals surface area contributed by atoms with Crippen molar-refractivity contribution in [1.29, 1.82) is 0 Å². The molecular formula is C16H23ClF2N2. The third kappa shape index (κ3) is 3.85. The molecule has 2 rings (SSSR count). The van der Waals surface area contributed by atoms with E-state index in [2.05, 4.69) is 20.8 Å². The van der Waals surface area contributed by atoms with Gasteiger partial charge >= 0.3 is 0 Å². The number of hydrogen-bond acceptors (Lipinski definition) is 2. The molecule has 2 nitrogen and oxygen atoms in total.